The van der Waals surface area contributed by atoms with Gasteiger partial charge < -0.3 is 5.11 Å². The van der Waals surface area contributed by atoms with Gasteiger partial charge in [0.05, 0.1) is 11.7 Å². The number of sulfonamides is 1. The van der Waals surface area contributed by atoms with Crippen LogP contribution in [0.5, 0.6) is 5.75 Å². The molecule has 0 amide bonds. The molecule has 0 saturated carbocycles. The monoisotopic (exact) mass is 307 g/mol. The molecule has 6 nitrogen and oxygen atoms in total. The first-order valence-electron chi connectivity index (χ1n) is 5.59. The van der Waals surface area contributed by atoms with Gasteiger partial charge >= 0.3 is 0 Å². The highest BCUT2D eigenvalue weighted by atomic mass is 32.2. The molecule has 0 fully saturated rings. The topological polar surface area (TPSA) is 92.2 Å². The standard InChI is InChI=1S/C12H9N3O3S2/c16-9-6-4-8(5-7-9)15-20(17,18)11-3-1-2-10-12(11)14-19-13-10/h1-7,15-16H. The Morgan fingerprint density at radius 1 is 1.05 bits per heavy atom. The van der Waals surface area contributed by atoms with Gasteiger partial charge in [-0.2, -0.15) is 8.75 Å². The van der Waals surface area contributed by atoms with E-state index in [0.717, 1.165) is 11.7 Å². The molecule has 0 aliphatic rings. The number of rotatable bonds is 3. The number of nitrogens with zero attached hydrogens (tertiary/aromatic N) is 2. The van der Waals surface area contributed by atoms with Gasteiger partial charge in [0.15, 0.2) is 0 Å². The molecule has 3 rings (SSSR count). The Kier molecular flexibility index (Phi) is 3.03. The molecule has 0 spiro atoms. The zero-order valence-electron chi connectivity index (χ0n) is 10.0. The van der Waals surface area contributed by atoms with E-state index in [9.17, 15) is 13.5 Å². The van der Waals surface area contributed by atoms with Crippen molar-refractivity contribution in [3.63, 3.8) is 0 Å². The predicted molar refractivity (Wildman–Crippen MR) is 76.3 cm³/mol. The zero-order valence-corrected chi connectivity index (χ0v) is 11.6. The molecular formula is C12H9N3O3S2. The van der Waals surface area contributed by atoms with E-state index in [1.54, 1.807) is 12.1 Å². The first kappa shape index (κ1) is 12.8. The van der Waals surface area contributed by atoms with E-state index in [1.165, 1.54) is 30.3 Å². The number of aromatic hydroxyl groups is 1. The van der Waals surface area contributed by atoms with Crippen LogP contribution in [0.1, 0.15) is 0 Å². The van der Waals surface area contributed by atoms with Crippen molar-refractivity contribution in [3.8, 4) is 5.75 Å². The van der Waals surface area contributed by atoms with Crippen LogP contribution >= 0.6 is 11.7 Å². The lowest BCUT2D eigenvalue weighted by Crippen LogP contribution is -2.13. The van der Waals surface area contributed by atoms with E-state index in [2.05, 4.69) is 13.5 Å². The van der Waals surface area contributed by atoms with Gasteiger partial charge in [-0.15, -0.1) is 0 Å². The molecule has 1 aromatic heterocycles. The molecular weight excluding hydrogens is 298 g/mol. The Balaban J connectivity index is 2.03. The SMILES string of the molecule is O=S(=O)(Nc1ccc(O)cc1)c1cccc2nsnc12. The number of fused-ring (bicyclic) bond motifs is 1. The number of hydrogen-bond donors (Lipinski definition) is 2. The van der Waals surface area contributed by atoms with Gasteiger partial charge in [0.1, 0.15) is 21.7 Å². The lowest BCUT2D eigenvalue weighted by molar-refractivity contribution is 0.475. The van der Waals surface area contributed by atoms with E-state index in [4.69, 9.17) is 0 Å². The van der Waals surface area contributed by atoms with Gasteiger partial charge in [-0.1, -0.05) is 6.07 Å². The van der Waals surface area contributed by atoms with E-state index < -0.39 is 10.0 Å². The summed E-state index contributed by atoms with van der Waals surface area (Å²) in [5, 5.41) is 9.19. The third-order valence-corrected chi connectivity index (χ3v) is 4.61. The van der Waals surface area contributed by atoms with Gasteiger partial charge in [0.25, 0.3) is 10.0 Å². The fraction of sp³-hybridized carbons (Fsp3) is 0. The second-order valence-electron chi connectivity index (χ2n) is 4.04. The molecule has 0 atom stereocenters. The summed E-state index contributed by atoms with van der Waals surface area (Å²) in [5.74, 6) is 0.0683. The first-order valence-corrected chi connectivity index (χ1v) is 7.81. The highest BCUT2D eigenvalue weighted by Gasteiger charge is 2.19. The first-order chi connectivity index (χ1) is 9.56. The average molecular weight is 307 g/mol. The number of phenolic OH excluding ortho intramolecular Hbond substituents is 1. The molecule has 0 aliphatic carbocycles. The van der Waals surface area contributed by atoms with Crippen LogP contribution in [-0.4, -0.2) is 22.3 Å². The van der Waals surface area contributed by atoms with E-state index in [-0.39, 0.29) is 10.6 Å². The van der Waals surface area contributed by atoms with Crippen molar-refractivity contribution in [1.82, 2.24) is 8.75 Å². The summed E-state index contributed by atoms with van der Waals surface area (Å²) in [6.45, 7) is 0. The van der Waals surface area contributed by atoms with Gasteiger partial charge in [-0.05, 0) is 36.4 Å². The smallest absolute Gasteiger partial charge is 0.264 e. The van der Waals surface area contributed by atoms with Crippen molar-refractivity contribution < 1.29 is 13.5 Å². The van der Waals surface area contributed by atoms with E-state index >= 15 is 0 Å². The maximum Gasteiger partial charge on any atom is 0.264 e. The molecule has 0 bridgehead atoms. The number of aromatic nitrogens is 2. The van der Waals surface area contributed by atoms with E-state index in [1.807, 2.05) is 0 Å². The van der Waals surface area contributed by atoms with Crippen LogP contribution in [0.2, 0.25) is 0 Å². The molecule has 8 heteroatoms. The summed E-state index contributed by atoms with van der Waals surface area (Å²) in [6, 6.07) is 10.6. The van der Waals surface area contributed by atoms with Crippen molar-refractivity contribution >= 4 is 38.5 Å². The molecule has 2 aromatic carbocycles. The number of benzene rings is 2. The average Bonchev–Trinajstić information content (AvgIpc) is 2.89. The molecule has 20 heavy (non-hydrogen) atoms. The van der Waals surface area contributed by atoms with Crippen molar-refractivity contribution in [3.05, 3.63) is 42.5 Å². The summed E-state index contributed by atoms with van der Waals surface area (Å²) in [5.41, 5.74) is 1.26. The minimum Gasteiger partial charge on any atom is -0.508 e. The summed E-state index contributed by atoms with van der Waals surface area (Å²) in [7, 11) is -3.75. The Morgan fingerprint density at radius 3 is 2.55 bits per heavy atom. The van der Waals surface area contributed by atoms with Crippen molar-refractivity contribution in [1.29, 1.82) is 0 Å². The molecule has 1 heterocycles. The number of anilines is 1. The van der Waals surface area contributed by atoms with Crippen LogP contribution in [0.4, 0.5) is 5.69 Å². The third kappa shape index (κ3) is 2.30. The lowest BCUT2D eigenvalue weighted by Gasteiger charge is -2.08. The van der Waals surface area contributed by atoms with Crippen LogP contribution in [0.15, 0.2) is 47.4 Å². The molecule has 2 N–H and O–H groups in total. The minimum absolute atomic E-state index is 0.0683. The Hall–Kier alpha value is -2.19. The van der Waals surface area contributed by atoms with Crippen molar-refractivity contribution in [2.24, 2.45) is 0 Å². The molecule has 0 aliphatic heterocycles. The van der Waals surface area contributed by atoms with Crippen molar-refractivity contribution in [2.75, 3.05) is 4.72 Å². The quantitative estimate of drug-likeness (QED) is 0.724. The second-order valence-corrected chi connectivity index (χ2v) is 6.22. The van der Waals surface area contributed by atoms with Gasteiger partial charge in [-0.25, -0.2) is 8.42 Å². The third-order valence-electron chi connectivity index (χ3n) is 2.66. The summed E-state index contributed by atoms with van der Waals surface area (Å²) < 4.78 is 35.2. The Labute approximate surface area is 119 Å². The number of hydrogen-bond acceptors (Lipinski definition) is 6. The maximum absolute atomic E-state index is 12.4. The number of phenols is 1. The minimum atomic E-state index is -3.75. The molecule has 0 saturated heterocycles. The Morgan fingerprint density at radius 2 is 1.80 bits per heavy atom. The van der Waals surface area contributed by atoms with Gasteiger partial charge in [0.2, 0.25) is 0 Å². The molecule has 0 unspecified atom stereocenters. The summed E-state index contributed by atoms with van der Waals surface area (Å²) >= 11 is 0.966. The van der Waals surface area contributed by atoms with Gasteiger partial charge in [0, 0.05) is 5.69 Å². The van der Waals surface area contributed by atoms with Crippen LogP contribution in [0.25, 0.3) is 11.0 Å². The largest absolute Gasteiger partial charge is 0.508 e. The second kappa shape index (κ2) is 4.73. The van der Waals surface area contributed by atoms with Crippen LogP contribution < -0.4 is 4.72 Å². The van der Waals surface area contributed by atoms with Crippen LogP contribution in [0, 0.1) is 0 Å². The maximum atomic E-state index is 12.4. The number of nitrogens with one attached hydrogen (secondary N) is 1. The highest BCUT2D eigenvalue weighted by molar-refractivity contribution is 7.93. The molecule has 3 aromatic rings. The van der Waals surface area contributed by atoms with Crippen LogP contribution in [0.3, 0.4) is 0 Å². The zero-order chi connectivity index (χ0) is 14.2. The highest BCUT2D eigenvalue weighted by Crippen LogP contribution is 2.24. The van der Waals surface area contributed by atoms with Gasteiger partial charge in [-0.3, -0.25) is 4.72 Å². The lowest BCUT2D eigenvalue weighted by atomic mass is 10.3. The predicted octanol–water partition coefficient (Wildman–Crippen LogP) is 2.20. The Bertz CT molecular complexity index is 857. The van der Waals surface area contributed by atoms with Crippen LogP contribution in [-0.2, 0) is 10.0 Å². The summed E-state index contributed by atoms with van der Waals surface area (Å²) in [6.07, 6.45) is 0. The normalized spacial score (nSPS) is 11.6. The fourth-order valence-electron chi connectivity index (χ4n) is 1.74. The molecule has 0 radical (unpaired) electrons. The van der Waals surface area contributed by atoms with Crippen molar-refractivity contribution in [2.45, 2.75) is 4.90 Å². The van der Waals surface area contributed by atoms with E-state index in [0.29, 0.717) is 16.7 Å². The molecule has 102 valence electrons. The fourth-order valence-corrected chi connectivity index (χ4v) is 3.56. The summed E-state index contributed by atoms with van der Waals surface area (Å²) in [4.78, 5) is 0.0804.